The lowest BCUT2D eigenvalue weighted by Gasteiger charge is -2.19. The summed E-state index contributed by atoms with van der Waals surface area (Å²) in [7, 11) is 0. The molecule has 3 heteroatoms. The van der Waals surface area contributed by atoms with Gasteiger partial charge in [0.2, 0.25) is 11.9 Å². The Morgan fingerprint density at radius 3 is 2.35 bits per heavy atom. The lowest BCUT2D eigenvalue weighted by atomic mass is 10.2. The SMILES string of the molecule is CCCN(c1ccccc1)[n+]1ccc(C)cc1CC.[Cl-]. The van der Waals surface area contributed by atoms with Gasteiger partial charge >= 0.3 is 0 Å². The van der Waals surface area contributed by atoms with Crippen LogP contribution in [0.3, 0.4) is 0 Å². The number of aryl methyl sites for hydroxylation is 2. The smallest absolute Gasteiger partial charge is 0.212 e. The minimum atomic E-state index is 0. The summed E-state index contributed by atoms with van der Waals surface area (Å²) < 4.78 is 2.28. The predicted molar refractivity (Wildman–Crippen MR) is 80.2 cm³/mol. The highest BCUT2D eigenvalue weighted by Gasteiger charge is 2.19. The Hall–Kier alpha value is -1.54. The van der Waals surface area contributed by atoms with E-state index in [1.165, 1.54) is 16.9 Å². The molecule has 0 N–H and O–H groups in total. The molecular formula is C17H23ClN2. The Bertz CT molecular complexity index is 526. The van der Waals surface area contributed by atoms with Crippen molar-refractivity contribution in [3.63, 3.8) is 0 Å². The van der Waals surface area contributed by atoms with Crippen LogP contribution >= 0.6 is 0 Å². The van der Waals surface area contributed by atoms with E-state index in [-0.39, 0.29) is 12.4 Å². The zero-order chi connectivity index (χ0) is 13.7. The number of anilines is 1. The maximum absolute atomic E-state index is 2.35. The molecule has 0 radical (unpaired) electrons. The Morgan fingerprint density at radius 2 is 1.75 bits per heavy atom. The number of rotatable bonds is 5. The number of para-hydroxylation sites is 1. The third-order valence-electron chi connectivity index (χ3n) is 3.28. The van der Waals surface area contributed by atoms with E-state index in [1.54, 1.807) is 0 Å². The molecule has 0 spiro atoms. The van der Waals surface area contributed by atoms with Crippen LogP contribution in [0.5, 0.6) is 0 Å². The van der Waals surface area contributed by atoms with Crippen LogP contribution in [0.4, 0.5) is 5.69 Å². The highest BCUT2D eigenvalue weighted by molar-refractivity contribution is 5.42. The third kappa shape index (κ3) is 3.73. The van der Waals surface area contributed by atoms with Gasteiger partial charge in [-0.25, -0.2) is 0 Å². The summed E-state index contributed by atoms with van der Waals surface area (Å²) in [5.74, 6) is 0. The number of pyridine rings is 1. The fraction of sp³-hybridized carbons (Fsp3) is 0.353. The molecule has 1 aromatic heterocycles. The van der Waals surface area contributed by atoms with Crippen molar-refractivity contribution in [3.05, 3.63) is 59.9 Å². The average Bonchev–Trinajstić information content (AvgIpc) is 2.46. The Balaban J connectivity index is 0.00000200. The highest BCUT2D eigenvalue weighted by atomic mass is 35.5. The molecule has 0 saturated carbocycles. The van der Waals surface area contributed by atoms with Crippen molar-refractivity contribution in [2.75, 3.05) is 11.6 Å². The van der Waals surface area contributed by atoms with Crippen LogP contribution in [0.2, 0.25) is 0 Å². The second-order valence-corrected chi connectivity index (χ2v) is 4.85. The molecule has 2 nitrogen and oxygen atoms in total. The molecule has 0 fully saturated rings. The van der Waals surface area contributed by atoms with Crippen molar-refractivity contribution in [2.24, 2.45) is 0 Å². The summed E-state index contributed by atoms with van der Waals surface area (Å²) in [6.07, 6.45) is 4.34. The normalized spacial score (nSPS) is 9.95. The molecule has 1 aromatic carbocycles. The van der Waals surface area contributed by atoms with E-state index in [0.717, 1.165) is 19.4 Å². The molecule has 1 heterocycles. The minimum absolute atomic E-state index is 0. The average molecular weight is 291 g/mol. The topological polar surface area (TPSA) is 7.12 Å². The first-order valence-electron chi connectivity index (χ1n) is 7.10. The molecule has 108 valence electrons. The largest absolute Gasteiger partial charge is 1.00 e. The van der Waals surface area contributed by atoms with Crippen LogP contribution in [-0.2, 0) is 6.42 Å². The van der Waals surface area contributed by atoms with Gasteiger partial charge in [-0.05, 0) is 31.0 Å². The number of halogens is 1. The summed E-state index contributed by atoms with van der Waals surface area (Å²) in [6.45, 7) is 7.59. The quantitative estimate of drug-likeness (QED) is 0.729. The molecule has 2 aromatic rings. The highest BCUT2D eigenvalue weighted by Crippen LogP contribution is 2.12. The lowest BCUT2D eigenvalue weighted by Crippen LogP contribution is -3.00. The summed E-state index contributed by atoms with van der Waals surface area (Å²) in [6, 6.07) is 15.0. The first-order chi connectivity index (χ1) is 9.26. The lowest BCUT2D eigenvalue weighted by molar-refractivity contribution is -0.691. The first-order valence-corrected chi connectivity index (χ1v) is 7.10. The van der Waals surface area contributed by atoms with Gasteiger partial charge in [0.1, 0.15) is 0 Å². The van der Waals surface area contributed by atoms with E-state index in [4.69, 9.17) is 0 Å². The van der Waals surface area contributed by atoms with Gasteiger partial charge in [-0.2, -0.15) is 0 Å². The maximum atomic E-state index is 2.35. The van der Waals surface area contributed by atoms with Crippen LogP contribution in [0.1, 0.15) is 31.5 Å². The third-order valence-corrected chi connectivity index (χ3v) is 3.28. The van der Waals surface area contributed by atoms with Gasteiger partial charge in [0, 0.05) is 18.6 Å². The van der Waals surface area contributed by atoms with Gasteiger partial charge in [-0.15, -0.1) is 5.01 Å². The zero-order valence-corrected chi connectivity index (χ0v) is 13.3. The summed E-state index contributed by atoms with van der Waals surface area (Å²) >= 11 is 0. The number of hydrogen-bond acceptors (Lipinski definition) is 1. The van der Waals surface area contributed by atoms with Crippen molar-refractivity contribution >= 4 is 5.69 Å². The van der Waals surface area contributed by atoms with Crippen molar-refractivity contribution in [1.29, 1.82) is 0 Å². The molecule has 0 atom stereocenters. The number of benzene rings is 1. The van der Waals surface area contributed by atoms with Crippen LogP contribution in [0.25, 0.3) is 0 Å². The summed E-state index contributed by atoms with van der Waals surface area (Å²) in [4.78, 5) is 0. The Labute approximate surface area is 128 Å². The van der Waals surface area contributed by atoms with Crippen molar-refractivity contribution in [3.8, 4) is 0 Å². The van der Waals surface area contributed by atoms with Crippen molar-refractivity contribution in [1.82, 2.24) is 0 Å². The Kier molecular flexibility index (Phi) is 6.53. The fourth-order valence-corrected chi connectivity index (χ4v) is 2.33. The molecule has 0 aliphatic heterocycles. The van der Waals surface area contributed by atoms with Gasteiger partial charge in [0.05, 0.1) is 12.2 Å². The molecule has 20 heavy (non-hydrogen) atoms. The molecule has 0 aliphatic rings. The van der Waals surface area contributed by atoms with E-state index in [9.17, 15) is 0 Å². The first kappa shape index (κ1) is 16.5. The summed E-state index contributed by atoms with van der Waals surface area (Å²) in [5.41, 5.74) is 3.91. The van der Waals surface area contributed by atoms with E-state index >= 15 is 0 Å². The van der Waals surface area contributed by atoms with Gasteiger partial charge in [0.25, 0.3) is 0 Å². The van der Waals surface area contributed by atoms with Gasteiger partial charge in [-0.1, -0.05) is 36.7 Å². The van der Waals surface area contributed by atoms with Crippen LogP contribution in [0, 0.1) is 6.92 Å². The van der Waals surface area contributed by atoms with E-state index in [1.807, 2.05) is 0 Å². The van der Waals surface area contributed by atoms with E-state index in [0.29, 0.717) is 0 Å². The standard InChI is InChI=1S/C17H23N2.ClH/c1-4-12-18(17-9-7-6-8-10-17)19-13-11-15(3)14-16(19)5-2;/h6-11,13-14H,4-5,12H2,1-3H3;1H/q+1;/p-1. The number of aromatic nitrogens is 1. The summed E-state index contributed by atoms with van der Waals surface area (Å²) in [5, 5.41) is 2.35. The molecule has 0 amide bonds. The van der Waals surface area contributed by atoms with Crippen LogP contribution in [0.15, 0.2) is 48.7 Å². The molecule has 0 unspecified atom stereocenters. The van der Waals surface area contributed by atoms with Crippen molar-refractivity contribution in [2.45, 2.75) is 33.6 Å². The number of nitrogens with zero attached hydrogens (tertiary/aromatic N) is 2. The molecular weight excluding hydrogens is 268 g/mol. The van der Waals surface area contributed by atoms with Crippen molar-refractivity contribution < 1.29 is 17.1 Å². The van der Waals surface area contributed by atoms with Gasteiger partial charge in [0.15, 0.2) is 0 Å². The molecule has 2 rings (SSSR count). The second kappa shape index (κ2) is 7.91. The van der Waals surface area contributed by atoms with E-state index < -0.39 is 0 Å². The number of hydrogen-bond donors (Lipinski definition) is 0. The maximum Gasteiger partial charge on any atom is 0.212 e. The second-order valence-electron chi connectivity index (χ2n) is 4.85. The molecule has 0 bridgehead atoms. The fourth-order valence-electron chi connectivity index (χ4n) is 2.33. The van der Waals surface area contributed by atoms with Gasteiger partial charge in [-0.3, -0.25) is 0 Å². The minimum Gasteiger partial charge on any atom is -1.00 e. The van der Waals surface area contributed by atoms with E-state index in [2.05, 4.69) is 79.1 Å². The van der Waals surface area contributed by atoms with Crippen LogP contribution in [-0.4, -0.2) is 6.54 Å². The molecule has 0 saturated heterocycles. The monoisotopic (exact) mass is 290 g/mol. The molecule has 0 aliphatic carbocycles. The Morgan fingerprint density at radius 1 is 1.05 bits per heavy atom. The predicted octanol–water partition coefficient (Wildman–Crippen LogP) is 0.529. The zero-order valence-electron chi connectivity index (χ0n) is 12.5. The van der Waals surface area contributed by atoms with Crippen LogP contribution < -0.4 is 22.1 Å². The van der Waals surface area contributed by atoms with Gasteiger partial charge < -0.3 is 12.4 Å².